The third kappa shape index (κ3) is 1.93. The first-order chi connectivity index (χ1) is 9.79. The molecule has 4 aliphatic rings. The van der Waals surface area contributed by atoms with E-state index in [-0.39, 0.29) is 5.91 Å². The molecule has 3 aliphatic carbocycles. The molecule has 1 saturated heterocycles. The van der Waals surface area contributed by atoms with Crippen molar-refractivity contribution in [3.8, 4) is 0 Å². The predicted octanol–water partition coefficient (Wildman–Crippen LogP) is 2.69. The van der Waals surface area contributed by atoms with Gasteiger partial charge < -0.3 is 5.32 Å². The summed E-state index contributed by atoms with van der Waals surface area (Å²) in [4.78, 5) is 24.2. The van der Waals surface area contributed by atoms with E-state index >= 15 is 0 Å². The van der Waals surface area contributed by atoms with E-state index in [1.165, 1.54) is 6.42 Å². The van der Waals surface area contributed by atoms with E-state index in [2.05, 4.69) is 30.3 Å². The smallest absolute Gasteiger partial charge is 0.322 e. The fourth-order valence-electron chi connectivity index (χ4n) is 3.68. The zero-order valence-electron chi connectivity index (χ0n) is 13.1. The molecule has 1 saturated carbocycles. The molecule has 0 aromatic carbocycles. The standard InChI is InChI=1S/C16H23N3O2/c1-5-16(4)13(20)19(14(21)18-16)17-9-10-6-7-11-8-12(10)15(11,2)3/h6,9,11-12H,5,7-8H2,1-4H3,(H,18,21). The minimum absolute atomic E-state index is 0.270. The molecule has 21 heavy (non-hydrogen) atoms. The van der Waals surface area contributed by atoms with Crippen molar-refractivity contribution in [2.45, 2.75) is 52.5 Å². The lowest BCUT2D eigenvalue weighted by Gasteiger charge is -2.55. The van der Waals surface area contributed by atoms with E-state index in [1.54, 1.807) is 13.1 Å². The molecular weight excluding hydrogens is 266 g/mol. The summed E-state index contributed by atoms with van der Waals surface area (Å²) >= 11 is 0. The van der Waals surface area contributed by atoms with Gasteiger partial charge in [-0.25, -0.2) is 4.79 Å². The average molecular weight is 289 g/mol. The van der Waals surface area contributed by atoms with Crippen LogP contribution in [0.2, 0.25) is 0 Å². The fourth-order valence-corrected chi connectivity index (χ4v) is 3.68. The first kappa shape index (κ1) is 14.3. The number of imide groups is 1. The highest BCUT2D eigenvalue weighted by Gasteiger charge is 2.51. The fraction of sp³-hybridized carbons (Fsp3) is 0.688. The number of hydrogen-bond acceptors (Lipinski definition) is 3. The van der Waals surface area contributed by atoms with Gasteiger partial charge in [0.2, 0.25) is 0 Å². The van der Waals surface area contributed by atoms with Crippen LogP contribution in [0.15, 0.2) is 16.8 Å². The van der Waals surface area contributed by atoms with Crippen LogP contribution >= 0.6 is 0 Å². The lowest BCUT2D eigenvalue weighted by atomic mass is 9.49. The lowest BCUT2D eigenvalue weighted by molar-refractivity contribution is -0.130. The first-order valence-electron chi connectivity index (χ1n) is 7.70. The maximum absolute atomic E-state index is 12.3. The molecule has 0 aromatic rings. The molecule has 114 valence electrons. The Labute approximate surface area is 125 Å². The predicted molar refractivity (Wildman–Crippen MR) is 80.6 cm³/mol. The van der Waals surface area contributed by atoms with Crippen molar-refractivity contribution in [1.82, 2.24) is 10.3 Å². The molecule has 2 fully saturated rings. The number of hydrazone groups is 1. The summed E-state index contributed by atoms with van der Waals surface area (Å²) in [6.45, 7) is 8.19. The molecule has 2 bridgehead atoms. The number of urea groups is 1. The van der Waals surface area contributed by atoms with Crippen LogP contribution in [0.25, 0.3) is 0 Å². The van der Waals surface area contributed by atoms with Gasteiger partial charge in [-0.2, -0.15) is 5.10 Å². The summed E-state index contributed by atoms with van der Waals surface area (Å²) in [6.07, 6.45) is 6.73. The van der Waals surface area contributed by atoms with Crippen molar-refractivity contribution < 1.29 is 9.59 Å². The largest absolute Gasteiger partial charge is 0.346 e. The number of nitrogens with one attached hydrogen (secondary N) is 1. The van der Waals surface area contributed by atoms with Crippen LogP contribution in [0.5, 0.6) is 0 Å². The highest BCUT2D eigenvalue weighted by molar-refractivity contribution is 6.07. The van der Waals surface area contributed by atoms with E-state index in [4.69, 9.17) is 0 Å². The molecule has 1 heterocycles. The molecule has 5 heteroatoms. The summed E-state index contributed by atoms with van der Waals surface area (Å²) in [5.74, 6) is 0.992. The zero-order valence-corrected chi connectivity index (χ0v) is 13.1. The van der Waals surface area contributed by atoms with Crippen LogP contribution in [0.4, 0.5) is 4.79 Å². The van der Waals surface area contributed by atoms with Crippen molar-refractivity contribution in [2.75, 3.05) is 0 Å². The molecule has 4 rings (SSSR count). The molecule has 0 radical (unpaired) electrons. The Kier molecular flexibility index (Phi) is 3.01. The minimum Gasteiger partial charge on any atom is -0.322 e. The Hall–Kier alpha value is -1.65. The summed E-state index contributed by atoms with van der Waals surface area (Å²) in [6, 6.07) is -0.428. The van der Waals surface area contributed by atoms with Crippen LogP contribution in [-0.4, -0.2) is 28.7 Å². The van der Waals surface area contributed by atoms with Gasteiger partial charge in [-0.05, 0) is 49.0 Å². The second-order valence-corrected chi connectivity index (χ2v) is 7.22. The molecule has 0 aromatic heterocycles. The van der Waals surface area contributed by atoms with Crippen LogP contribution in [-0.2, 0) is 4.79 Å². The van der Waals surface area contributed by atoms with Gasteiger partial charge in [-0.3, -0.25) is 4.79 Å². The maximum Gasteiger partial charge on any atom is 0.346 e. The minimum atomic E-state index is -0.823. The molecule has 3 atom stereocenters. The van der Waals surface area contributed by atoms with Gasteiger partial charge in [-0.1, -0.05) is 26.8 Å². The molecule has 5 nitrogen and oxygen atoms in total. The van der Waals surface area contributed by atoms with Crippen molar-refractivity contribution >= 4 is 18.2 Å². The van der Waals surface area contributed by atoms with E-state index in [1.807, 2.05) is 6.92 Å². The van der Waals surface area contributed by atoms with Crippen LogP contribution < -0.4 is 5.32 Å². The Morgan fingerprint density at radius 3 is 2.67 bits per heavy atom. The zero-order chi connectivity index (χ0) is 15.4. The number of hydrogen-bond donors (Lipinski definition) is 1. The number of nitrogens with zero attached hydrogens (tertiary/aromatic N) is 2. The molecule has 3 unspecified atom stereocenters. The van der Waals surface area contributed by atoms with Gasteiger partial charge in [0.25, 0.3) is 5.91 Å². The Bertz CT molecular complexity index is 564. The van der Waals surface area contributed by atoms with Gasteiger partial charge in [0.05, 0.1) is 6.21 Å². The van der Waals surface area contributed by atoms with E-state index < -0.39 is 11.6 Å². The topological polar surface area (TPSA) is 61.8 Å². The van der Waals surface area contributed by atoms with Gasteiger partial charge in [-0.15, -0.1) is 5.01 Å². The van der Waals surface area contributed by atoms with Crippen LogP contribution in [0.1, 0.15) is 47.0 Å². The summed E-state index contributed by atoms with van der Waals surface area (Å²) < 4.78 is 0. The number of rotatable bonds is 3. The quantitative estimate of drug-likeness (QED) is 0.641. The molecule has 0 spiro atoms. The third-order valence-corrected chi connectivity index (χ3v) is 5.78. The molecule has 1 N–H and O–H groups in total. The first-order valence-corrected chi connectivity index (χ1v) is 7.70. The monoisotopic (exact) mass is 289 g/mol. The SMILES string of the molecule is CCC1(C)NC(=O)N(N=CC2=CCC3CC2C3(C)C)C1=O. The lowest BCUT2D eigenvalue weighted by Crippen LogP contribution is -2.48. The van der Waals surface area contributed by atoms with Gasteiger partial charge in [0, 0.05) is 0 Å². The summed E-state index contributed by atoms with van der Waals surface area (Å²) in [5, 5.41) is 7.85. The Morgan fingerprint density at radius 1 is 1.43 bits per heavy atom. The van der Waals surface area contributed by atoms with E-state index in [0.717, 1.165) is 22.9 Å². The summed E-state index contributed by atoms with van der Waals surface area (Å²) in [7, 11) is 0. The summed E-state index contributed by atoms with van der Waals surface area (Å²) in [5.41, 5.74) is 0.648. The van der Waals surface area contributed by atoms with Crippen LogP contribution in [0, 0.1) is 17.3 Å². The van der Waals surface area contributed by atoms with Crippen molar-refractivity contribution in [3.05, 3.63) is 11.6 Å². The van der Waals surface area contributed by atoms with Gasteiger partial charge in [0.15, 0.2) is 0 Å². The van der Waals surface area contributed by atoms with Crippen molar-refractivity contribution in [1.29, 1.82) is 0 Å². The van der Waals surface area contributed by atoms with Crippen molar-refractivity contribution in [2.24, 2.45) is 22.4 Å². The normalized spacial score (nSPS) is 37.5. The molecule has 1 aliphatic heterocycles. The Morgan fingerprint density at radius 2 is 2.14 bits per heavy atom. The van der Waals surface area contributed by atoms with Gasteiger partial charge in [0.1, 0.15) is 5.54 Å². The number of fused-ring (bicyclic) bond motifs is 1. The van der Waals surface area contributed by atoms with Crippen molar-refractivity contribution in [3.63, 3.8) is 0 Å². The Balaban J connectivity index is 1.77. The van der Waals surface area contributed by atoms with Crippen LogP contribution in [0.3, 0.4) is 0 Å². The van der Waals surface area contributed by atoms with E-state index in [0.29, 0.717) is 17.8 Å². The molecular formula is C16H23N3O2. The number of carbonyl (C=O) groups is 2. The number of carbonyl (C=O) groups excluding carboxylic acids is 2. The number of allylic oxidation sites excluding steroid dienone is 2. The average Bonchev–Trinajstić information content (AvgIpc) is 2.67. The number of amides is 3. The second-order valence-electron chi connectivity index (χ2n) is 7.22. The third-order valence-electron chi connectivity index (χ3n) is 5.78. The highest BCUT2D eigenvalue weighted by Crippen LogP contribution is 2.58. The van der Waals surface area contributed by atoms with Gasteiger partial charge >= 0.3 is 6.03 Å². The van der Waals surface area contributed by atoms with E-state index in [9.17, 15) is 9.59 Å². The highest BCUT2D eigenvalue weighted by atomic mass is 16.2. The molecule has 3 amide bonds. The maximum atomic E-state index is 12.3. The second kappa shape index (κ2) is 4.42.